The van der Waals surface area contributed by atoms with E-state index >= 15 is 0 Å². The molecule has 0 unspecified atom stereocenters. The van der Waals surface area contributed by atoms with Crippen LogP contribution in [-0.4, -0.2) is 170 Å². The minimum absolute atomic E-state index is 0. The van der Waals surface area contributed by atoms with E-state index in [1.807, 2.05) is 0 Å². The predicted octanol–water partition coefficient (Wildman–Crippen LogP) is -14.6. The largest absolute Gasteiger partial charge is 2.00 e. The van der Waals surface area contributed by atoms with Crippen molar-refractivity contribution in [3.05, 3.63) is 0 Å². The topological polar surface area (TPSA) is 127 Å². The molecular weight excluding hydrogens is 538 g/mol. The second-order valence-corrected chi connectivity index (χ2v) is 5.05. The maximum Gasteiger partial charge on any atom is 2.00 e. The molecule has 0 atom stereocenters. The van der Waals surface area contributed by atoms with Crippen LogP contribution in [0.5, 0.6) is 0 Å². The number of carbonyl (C=O) groups is 1. The normalized spacial score (nSPS) is 12.7. The molecule has 2 aliphatic rings. The van der Waals surface area contributed by atoms with Crippen LogP contribution < -0.4 is 54.7 Å². The maximum atomic E-state index is 10.8. The van der Waals surface area contributed by atoms with Gasteiger partial charge in [-0.3, -0.25) is 4.79 Å². The Kier molecular flexibility index (Phi) is 74.6. The van der Waals surface area contributed by atoms with E-state index in [4.69, 9.17) is 20.4 Å². The summed E-state index contributed by atoms with van der Waals surface area (Å²) in [5.41, 5.74) is 0. The molecule has 0 aromatic rings. The fourth-order valence-corrected chi connectivity index (χ4v) is 2.12. The Morgan fingerprint density at radius 3 is 1.63 bits per heavy atom. The second kappa shape index (κ2) is 41.7. The van der Waals surface area contributed by atoms with Gasteiger partial charge in [-0.05, 0) is 20.3 Å². The minimum Gasteiger partial charge on any atom is -1.00 e. The second-order valence-electron chi connectivity index (χ2n) is 5.05. The number of carbonyl (C=O) groups excluding carboxylic acids is 1. The Morgan fingerprint density at radius 2 is 1.37 bits per heavy atom. The molecule has 0 aromatic heterocycles. The fraction of sp³-hybridized carbons (Fsp3) is 0.875. The number of amides is 1. The Morgan fingerprint density at radius 1 is 0.900 bits per heavy atom. The number of aliphatic hydroxyl groups excluding tert-OH is 4. The summed E-state index contributed by atoms with van der Waals surface area (Å²) in [4.78, 5) is 12.5. The first-order chi connectivity index (χ1) is 11.5. The number of hydrogen-bond donors (Lipinski definition) is 4. The van der Waals surface area contributed by atoms with Crippen molar-refractivity contribution in [1.29, 1.82) is 0 Å². The van der Waals surface area contributed by atoms with Crippen molar-refractivity contribution < 1.29 is 84.5 Å². The van der Waals surface area contributed by atoms with Crippen molar-refractivity contribution in [3.8, 4) is 0 Å². The first kappa shape index (κ1) is 53.7. The van der Waals surface area contributed by atoms with E-state index in [-0.39, 0.29) is 163 Å². The number of β-amino-alcohol motifs (C(OH)–C–C–N with tert-alkyl or cyclic N) is 2. The number of halogens is 4. The van der Waals surface area contributed by atoms with E-state index in [0.717, 1.165) is 25.9 Å². The Labute approximate surface area is 265 Å². The zero-order chi connectivity index (χ0) is 18.8. The summed E-state index contributed by atoms with van der Waals surface area (Å²) in [7, 11) is 0. The van der Waals surface area contributed by atoms with Gasteiger partial charge in [-0.1, -0.05) is 0 Å². The van der Waals surface area contributed by atoms with E-state index in [1.165, 1.54) is 0 Å². The quantitative estimate of drug-likeness (QED) is 0.196. The van der Waals surface area contributed by atoms with E-state index in [0.29, 0.717) is 25.9 Å². The van der Waals surface area contributed by atoms with Gasteiger partial charge in [0.25, 0.3) is 0 Å². The zero-order valence-electron chi connectivity index (χ0n) is 17.9. The van der Waals surface area contributed by atoms with Crippen molar-refractivity contribution in [3.63, 3.8) is 0 Å². The van der Waals surface area contributed by atoms with Crippen LogP contribution in [-0.2, 0) is 4.79 Å². The molecular formula is C16H34Ca2Cl4N2O6. The van der Waals surface area contributed by atoms with E-state index in [2.05, 4.69) is 0 Å². The molecule has 0 aromatic carbocycles. The van der Waals surface area contributed by atoms with Crippen molar-refractivity contribution in [2.24, 2.45) is 0 Å². The number of hydrogen-bond acceptors (Lipinski definition) is 6. The fourth-order valence-electron chi connectivity index (χ4n) is 2.12. The molecule has 0 radical (unpaired) electrons. The Balaban J connectivity index is -0.0000000369. The van der Waals surface area contributed by atoms with Gasteiger partial charge in [0.2, 0.25) is 5.91 Å². The van der Waals surface area contributed by atoms with Gasteiger partial charge in [-0.15, -0.1) is 0 Å². The first-order valence-corrected chi connectivity index (χ1v) is 8.51. The molecule has 0 saturated carbocycles. The Hall–Kier alpha value is 2.46. The molecule has 2 rings (SSSR count). The average Bonchev–Trinajstić information content (AvgIpc) is 3.12. The van der Waals surface area contributed by atoms with Gasteiger partial charge in [0.05, 0.1) is 6.61 Å². The summed E-state index contributed by atoms with van der Waals surface area (Å²) in [6.45, 7) is 6.73. The predicted molar refractivity (Wildman–Crippen MR) is 101 cm³/mol. The van der Waals surface area contributed by atoms with Crippen LogP contribution in [0.25, 0.3) is 0 Å². The third-order valence-corrected chi connectivity index (χ3v) is 3.08. The van der Waals surface area contributed by atoms with Crippen LogP contribution >= 0.6 is 0 Å². The minimum atomic E-state index is 0. The summed E-state index contributed by atoms with van der Waals surface area (Å²) in [5, 5.41) is 42.8. The number of aliphatic hydroxyl groups is 4. The molecule has 0 spiro atoms. The molecule has 2 aliphatic heterocycles. The number of nitrogens with zero attached hydrogens (tertiary/aromatic N) is 2. The summed E-state index contributed by atoms with van der Waals surface area (Å²) in [6, 6.07) is 0. The van der Waals surface area contributed by atoms with Crippen molar-refractivity contribution in [1.82, 2.24) is 4.90 Å². The van der Waals surface area contributed by atoms with Gasteiger partial charge in [-0.25, -0.2) is 4.58 Å². The number of rotatable bonds is 4. The molecule has 2 heterocycles. The first-order valence-electron chi connectivity index (χ1n) is 8.51. The van der Waals surface area contributed by atoms with E-state index < -0.39 is 0 Å². The SMILES string of the molecule is CCO.CCO.O=C1CCCN1CCO.[Ca+2].[Ca+2].[Cl-].[Cl-].[Cl-].[Cl-].[O-]C1=[N+](CCO)CCC1. The van der Waals surface area contributed by atoms with Crippen molar-refractivity contribution in [2.75, 3.05) is 52.6 Å². The van der Waals surface area contributed by atoms with Gasteiger partial charge >= 0.3 is 75.5 Å². The molecule has 0 bridgehead atoms. The van der Waals surface area contributed by atoms with Crippen LogP contribution in [0.4, 0.5) is 0 Å². The third-order valence-electron chi connectivity index (χ3n) is 3.08. The van der Waals surface area contributed by atoms with E-state index in [9.17, 15) is 9.90 Å². The molecule has 1 amide bonds. The molecule has 0 aliphatic carbocycles. The van der Waals surface area contributed by atoms with Gasteiger partial charge in [0, 0.05) is 45.6 Å². The van der Waals surface area contributed by atoms with Crippen molar-refractivity contribution >= 4 is 87.3 Å². The molecule has 1 fully saturated rings. The maximum absolute atomic E-state index is 10.8. The zero-order valence-corrected chi connectivity index (χ0v) is 25.4. The molecule has 14 heteroatoms. The molecule has 176 valence electrons. The summed E-state index contributed by atoms with van der Waals surface area (Å²) in [5.74, 6) is 0.369. The van der Waals surface area contributed by atoms with Gasteiger partial charge in [0.1, 0.15) is 19.0 Å². The summed E-state index contributed by atoms with van der Waals surface area (Å²) < 4.78 is 1.69. The van der Waals surface area contributed by atoms with Gasteiger partial charge < -0.3 is 80.1 Å². The standard InChI is InChI=1S/2C6H11NO2.2C2H6O.2Ca.4ClH/c2*8-5-4-7-3-1-2-6(7)9;2*1-2-3;;;;;;/h2*8H,1-5H2;2*3H,2H2,1H3;;;4*1H/q;;;;2*+2;;;;/p-4. The van der Waals surface area contributed by atoms with E-state index in [1.54, 1.807) is 23.3 Å². The van der Waals surface area contributed by atoms with Gasteiger partial charge in [0.15, 0.2) is 6.54 Å². The van der Waals surface area contributed by atoms with Gasteiger partial charge in [-0.2, -0.15) is 0 Å². The summed E-state index contributed by atoms with van der Waals surface area (Å²) >= 11 is 0. The van der Waals surface area contributed by atoms with Crippen LogP contribution in [0.2, 0.25) is 0 Å². The third kappa shape index (κ3) is 32.6. The molecule has 1 saturated heterocycles. The monoisotopic (exact) mass is 570 g/mol. The van der Waals surface area contributed by atoms with Crippen LogP contribution in [0, 0.1) is 0 Å². The Bertz CT molecular complexity index is 362. The smallest absolute Gasteiger partial charge is 1.00 e. The average molecular weight is 572 g/mol. The number of likely N-dealkylation sites (tertiary alicyclic amines) is 1. The van der Waals surface area contributed by atoms with Crippen molar-refractivity contribution in [2.45, 2.75) is 39.5 Å². The molecule has 30 heavy (non-hydrogen) atoms. The van der Waals surface area contributed by atoms with Crippen LogP contribution in [0.15, 0.2) is 0 Å². The molecule has 4 N–H and O–H groups in total. The molecule has 8 nitrogen and oxygen atoms in total. The van der Waals surface area contributed by atoms with Crippen LogP contribution in [0.1, 0.15) is 39.5 Å². The summed E-state index contributed by atoms with van der Waals surface area (Å²) in [6.07, 6.45) is 3.25. The van der Waals surface area contributed by atoms with Crippen LogP contribution in [0.3, 0.4) is 0 Å².